The topological polar surface area (TPSA) is 18.5 Å². The average Bonchev–Trinajstić information content (AvgIpc) is 2.25. The summed E-state index contributed by atoms with van der Waals surface area (Å²) in [7, 11) is 0. The third-order valence-electron chi connectivity index (χ3n) is 3.61. The van der Waals surface area contributed by atoms with E-state index < -0.39 is 0 Å². The Balaban J connectivity index is 2.35. The van der Waals surface area contributed by atoms with Crippen LogP contribution in [0, 0.1) is 11.3 Å². The van der Waals surface area contributed by atoms with E-state index in [4.69, 9.17) is 9.47 Å². The summed E-state index contributed by atoms with van der Waals surface area (Å²) in [6, 6.07) is 0. The van der Waals surface area contributed by atoms with Crippen molar-refractivity contribution in [1.29, 1.82) is 0 Å². The normalized spacial score (nSPS) is 28.6. The molecule has 1 aliphatic heterocycles. The van der Waals surface area contributed by atoms with Crippen LogP contribution >= 0.6 is 0 Å². The molecule has 0 saturated carbocycles. The lowest BCUT2D eigenvalue weighted by atomic mass is 9.80. The molecule has 1 heterocycles. The average molecular weight is 242 g/mol. The van der Waals surface area contributed by atoms with Crippen LogP contribution in [0.2, 0.25) is 0 Å². The van der Waals surface area contributed by atoms with E-state index >= 15 is 0 Å². The molecule has 0 amide bonds. The Morgan fingerprint density at radius 3 is 2.47 bits per heavy atom. The zero-order chi connectivity index (χ0) is 12.9. The van der Waals surface area contributed by atoms with Crippen molar-refractivity contribution in [2.45, 2.75) is 79.1 Å². The first kappa shape index (κ1) is 15.0. The molecule has 0 aromatic heterocycles. The number of rotatable bonds is 6. The van der Waals surface area contributed by atoms with Crippen LogP contribution in [-0.2, 0) is 9.47 Å². The van der Waals surface area contributed by atoms with E-state index in [-0.39, 0.29) is 11.7 Å². The van der Waals surface area contributed by atoms with Crippen molar-refractivity contribution < 1.29 is 9.47 Å². The SMILES string of the molecule is CCCCCC[C@@H]1OCC(C)(C)[C@H](C(C)C)O1. The van der Waals surface area contributed by atoms with E-state index in [0.717, 1.165) is 13.0 Å². The molecule has 0 bridgehead atoms. The van der Waals surface area contributed by atoms with Crippen molar-refractivity contribution >= 4 is 0 Å². The van der Waals surface area contributed by atoms with Gasteiger partial charge < -0.3 is 9.47 Å². The van der Waals surface area contributed by atoms with Gasteiger partial charge in [0.25, 0.3) is 0 Å². The number of ether oxygens (including phenoxy) is 2. The molecule has 1 rings (SSSR count). The molecule has 1 aliphatic rings. The monoisotopic (exact) mass is 242 g/mol. The van der Waals surface area contributed by atoms with E-state index in [0.29, 0.717) is 12.0 Å². The minimum absolute atomic E-state index is 0.0345. The molecule has 1 saturated heterocycles. The van der Waals surface area contributed by atoms with Gasteiger partial charge in [-0.25, -0.2) is 0 Å². The van der Waals surface area contributed by atoms with Crippen LogP contribution in [0.1, 0.15) is 66.7 Å². The second-order valence-corrected chi connectivity index (χ2v) is 6.38. The Kier molecular flexibility index (Phi) is 5.94. The Labute approximate surface area is 107 Å². The van der Waals surface area contributed by atoms with Crippen molar-refractivity contribution in [1.82, 2.24) is 0 Å². The minimum Gasteiger partial charge on any atom is -0.352 e. The third kappa shape index (κ3) is 4.59. The standard InChI is InChI=1S/C15H30O2/c1-6-7-8-9-10-13-16-11-15(4,5)14(17-13)12(2)3/h12-14H,6-11H2,1-5H3/t13-,14+/m1/s1. The largest absolute Gasteiger partial charge is 0.352 e. The predicted octanol–water partition coefficient (Wildman–Crippen LogP) is 4.38. The second-order valence-electron chi connectivity index (χ2n) is 6.38. The lowest BCUT2D eigenvalue weighted by molar-refractivity contribution is -0.271. The molecule has 0 spiro atoms. The molecule has 0 N–H and O–H groups in total. The van der Waals surface area contributed by atoms with Gasteiger partial charge in [0.15, 0.2) is 6.29 Å². The molecule has 0 aliphatic carbocycles. The predicted molar refractivity (Wildman–Crippen MR) is 72.0 cm³/mol. The second kappa shape index (κ2) is 6.75. The summed E-state index contributed by atoms with van der Waals surface area (Å²) in [6.45, 7) is 12.0. The highest BCUT2D eigenvalue weighted by atomic mass is 16.7. The quantitative estimate of drug-likeness (QED) is 0.643. The fourth-order valence-corrected chi connectivity index (χ4v) is 2.73. The van der Waals surface area contributed by atoms with Crippen molar-refractivity contribution in [3.63, 3.8) is 0 Å². The Morgan fingerprint density at radius 2 is 1.88 bits per heavy atom. The summed E-state index contributed by atoms with van der Waals surface area (Å²) in [5, 5.41) is 0. The molecule has 0 radical (unpaired) electrons. The summed E-state index contributed by atoms with van der Waals surface area (Å²) in [5.74, 6) is 0.562. The van der Waals surface area contributed by atoms with Crippen LogP contribution in [-0.4, -0.2) is 19.0 Å². The maximum absolute atomic E-state index is 6.12. The summed E-state index contributed by atoms with van der Waals surface area (Å²) in [6.07, 6.45) is 6.55. The zero-order valence-electron chi connectivity index (χ0n) is 12.3. The minimum atomic E-state index is 0.0345. The fraction of sp³-hybridized carbons (Fsp3) is 1.00. The first-order valence-electron chi connectivity index (χ1n) is 7.24. The van der Waals surface area contributed by atoms with Gasteiger partial charge in [0, 0.05) is 5.41 Å². The van der Waals surface area contributed by atoms with Gasteiger partial charge >= 0.3 is 0 Å². The first-order chi connectivity index (χ1) is 7.97. The van der Waals surface area contributed by atoms with E-state index in [2.05, 4.69) is 34.6 Å². The van der Waals surface area contributed by atoms with Crippen molar-refractivity contribution in [3.05, 3.63) is 0 Å². The third-order valence-corrected chi connectivity index (χ3v) is 3.61. The summed E-state index contributed by atoms with van der Waals surface area (Å²) >= 11 is 0. The van der Waals surface area contributed by atoms with E-state index in [1.54, 1.807) is 0 Å². The molecule has 0 unspecified atom stereocenters. The van der Waals surface area contributed by atoms with Crippen LogP contribution in [0.3, 0.4) is 0 Å². The van der Waals surface area contributed by atoms with Crippen molar-refractivity contribution in [3.8, 4) is 0 Å². The molecule has 1 fully saturated rings. The van der Waals surface area contributed by atoms with Crippen LogP contribution in [0.25, 0.3) is 0 Å². The van der Waals surface area contributed by atoms with Crippen molar-refractivity contribution in [2.75, 3.05) is 6.61 Å². The Bertz CT molecular complexity index is 211. The molecule has 102 valence electrons. The van der Waals surface area contributed by atoms with Gasteiger partial charge in [0.1, 0.15) is 0 Å². The summed E-state index contributed by atoms with van der Waals surface area (Å²) in [4.78, 5) is 0. The molecule has 17 heavy (non-hydrogen) atoms. The fourth-order valence-electron chi connectivity index (χ4n) is 2.73. The molecule has 0 aromatic carbocycles. The lowest BCUT2D eigenvalue weighted by Gasteiger charge is -2.44. The molecular formula is C15H30O2. The smallest absolute Gasteiger partial charge is 0.158 e. The van der Waals surface area contributed by atoms with Crippen LogP contribution in [0.5, 0.6) is 0 Å². The number of unbranched alkanes of at least 4 members (excludes halogenated alkanes) is 3. The van der Waals surface area contributed by atoms with Crippen molar-refractivity contribution in [2.24, 2.45) is 11.3 Å². The van der Waals surface area contributed by atoms with Gasteiger partial charge in [-0.2, -0.15) is 0 Å². The van der Waals surface area contributed by atoms with E-state index in [1.807, 2.05) is 0 Å². The van der Waals surface area contributed by atoms with Gasteiger partial charge in [0.2, 0.25) is 0 Å². The maximum Gasteiger partial charge on any atom is 0.158 e. The van der Waals surface area contributed by atoms with Gasteiger partial charge in [-0.3, -0.25) is 0 Å². The molecule has 2 heteroatoms. The van der Waals surface area contributed by atoms with Gasteiger partial charge in [-0.15, -0.1) is 0 Å². The lowest BCUT2D eigenvalue weighted by Crippen LogP contribution is -2.48. The Hall–Kier alpha value is -0.0800. The summed E-state index contributed by atoms with van der Waals surface area (Å²) in [5.41, 5.74) is 0.147. The molecule has 0 aromatic rings. The zero-order valence-corrected chi connectivity index (χ0v) is 12.3. The molecular weight excluding hydrogens is 212 g/mol. The Morgan fingerprint density at radius 1 is 1.18 bits per heavy atom. The van der Waals surface area contributed by atoms with Gasteiger partial charge in [0.05, 0.1) is 12.7 Å². The molecule has 2 atom stereocenters. The highest BCUT2D eigenvalue weighted by Gasteiger charge is 2.39. The highest BCUT2D eigenvalue weighted by Crippen LogP contribution is 2.35. The molecule has 2 nitrogen and oxygen atoms in total. The number of hydrogen-bond acceptors (Lipinski definition) is 2. The first-order valence-corrected chi connectivity index (χ1v) is 7.24. The maximum atomic E-state index is 6.12. The van der Waals surface area contributed by atoms with Gasteiger partial charge in [-0.05, 0) is 18.8 Å². The van der Waals surface area contributed by atoms with Gasteiger partial charge in [-0.1, -0.05) is 53.9 Å². The number of hydrogen-bond donors (Lipinski definition) is 0. The van der Waals surface area contributed by atoms with Crippen LogP contribution in [0.15, 0.2) is 0 Å². The van der Waals surface area contributed by atoms with Crippen LogP contribution < -0.4 is 0 Å². The highest BCUT2D eigenvalue weighted by molar-refractivity contribution is 4.84. The van der Waals surface area contributed by atoms with E-state index in [1.165, 1.54) is 25.7 Å². The van der Waals surface area contributed by atoms with Crippen LogP contribution in [0.4, 0.5) is 0 Å². The van der Waals surface area contributed by atoms with E-state index in [9.17, 15) is 0 Å². The summed E-state index contributed by atoms with van der Waals surface area (Å²) < 4.78 is 12.0.